The van der Waals surface area contributed by atoms with E-state index in [1.807, 2.05) is 18.2 Å². The van der Waals surface area contributed by atoms with E-state index in [2.05, 4.69) is 56.0 Å². The largest absolute Gasteiger partial charge is 0.205 e. The number of unbranched alkanes of at least 4 members (excludes halogenated alkanes) is 2. The summed E-state index contributed by atoms with van der Waals surface area (Å²) in [6, 6.07) is 18.4. The van der Waals surface area contributed by atoms with Gasteiger partial charge in [0.1, 0.15) is 5.82 Å². The smallest absolute Gasteiger partial charge is 0.146 e. The molecule has 1 aliphatic carbocycles. The van der Waals surface area contributed by atoms with E-state index in [-0.39, 0.29) is 5.82 Å². The molecule has 1 fully saturated rings. The third-order valence-corrected chi connectivity index (χ3v) is 7.21. The molecule has 0 amide bonds. The molecule has 1 aliphatic rings. The van der Waals surface area contributed by atoms with Crippen LogP contribution >= 0.6 is 0 Å². The fourth-order valence-electron chi connectivity index (χ4n) is 5.10. The summed E-state index contributed by atoms with van der Waals surface area (Å²) in [5, 5.41) is 1.59. The zero-order valence-corrected chi connectivity index (χ0v) is 19.6. The zero-order valence-electron chi connectivity index (χ0n) is 19.6. The minimum absolute atomic E-state index is 0.218. The number of hydrogen-bond acceptors (Lipinski definition) is 0. The predicted molar refractivity (Wildman–Crippen MR) is 135 cm³/mol. The Morgan fingerprint density at radius 3 is 2.34 bits per heavy atom. The molecule has 1 heteroatoms. The van der Waals surface area contributed by atoms with Gasteiger partial charge in [0.25, 0.3) is 0 Å². The van der Waals surface area contributed by atoms with Gasteiger partial charge in [-0.3, -0.25) is 0 Å². The standard InChI is InChI=1S/C31H35F/c1-3-5-6-7-24-8-14-26(15-9-24)27-16-10-25(11-17-27)12-18-28-19-20-29-22-23(4-2)13-21-30(29)31(28)32/h10-11,13,16-17,19-22,24,26H,3-9,14-15H2,1-2H3. The first-order chi connectivity index (χ1) is 15.7. The van der Waals surface area contributed by atoms with E-state index >= 15 is 0 Å². The lowest BCUT2D eigenvalue weighted by Crippen LogP contribution is -2.13. The number of fused-ring (bicyclic) bond motifs is 1. The molecular weight excluding hydrogens is 391 g/mol. The summed E-state index contributed by atoms with van der Waals surface area (Å²) in [4.78, 5) is 0. The van der Waals surface area contributed by atoms with Crippen LogP contribution in [0.25, 0.3) is 10.8 Å². The summed E-state index contributed by atoms with van der Waals surface area (Å²) in [6.07, 6.45) is 11.8. The maximum atomic E-state index is 14.9. The van der Waals surface area contributed by atoms with Gasteiger partial charge in [0.2, 0.25) is 0 Å². The maximum absolute atomic E-state index is 14.9. The molecule has 0 aromatic heterocycles. The van der Waals surface area contributed by atoms with Gasteiger partial charge in [-0.05, 0) is 78.7 Å². The van der Waals surface area contributed by atoms with Crippen LogP contribution in [-0.2, 0) is 6.42 Å². The monoisotopic (exact) mass is 426 g/mol. The van der Waals surface area contributed by atoms with Gasteiger partial charge in [-0.15, -0.1) is 0 Å². The van der Waals surface area contributed by atoms with Crippen molar-refractivity contribution < 1.29 is 4.39 Å². The normalized spacial score (nSPS) is 18.3. The van der Waals surface area contributed by atoms with Gasteiger partial charge in [-0.1, -0.05) is 87.8 Å². The van der Waals surface area contributed by atoms with Gasteiger partial charge in [0.05, 0.1) is 5.56 Å². The lowest BCUT2D eigenvalue weighted by atomic mass is 9.77. The first-order valence-electron chi connectivity index (χ1n) is 12.5. The highest BCUT2D eigenvalue weighted by Crippen LogP contribution is 2.37. The Hall–Kier alpha value is -2.59. The van der Waals surface area contributed by atoms with E-state index in [4.69, 9.17) is 0 Å². The van der Waals surface area contributed by atoms with Crippen LogP contribution in [0.4, 0.5) is 4.39 Å². The van der Waals surface area contributed by atoms with Crippen molar-refractivity contribution >= 4 is 10.8 Å². The summed E-state index contributed by atoms with van der Waals surface area (Å²) in [7, 11) is 0. The molecule has 0 heterocycles. The van der Waals surface area contributed by atoms with Crippen molar-refractivity contribution in [2.75, 3.05) is 0 Å². The number of halogens is 1. The molecule has 0 N–H and O–H groups in total. The van der Waals surface area contributed by atoms with Crippen LogP contribution in [0, 0.1) is 23.6 Å². The quantitative estimate of drug-likeness (QED) is 0.273. The number of hydrogen-bond donors (Lipinski definition) is 0. The molecule has 3 aromatic rings. The second-order valence-electron chi connectivity index (χ2n) is 9.42. The van der Waals surface area contributed by atoms with Crippen LogP contribution in [0.5, 0.6) is 0 Å². The van der Waals surface area contributed by atoms with E-state index in [0.29, 0.717) is 16.9 Å². The molecule has 166 valence electrons. The molecule has 0 saturated heterocycles. The van der Waals surface area contributed by atoms with Crippen LogP contribution in [0.15, 0.2) is 54.6 Å². The molecule has 0 aliphatic heterocycles. The van der Waals surface area contributed by atoms with Crippen molar-refractivity contribution in [2.24, 2.45) is 5.92 Å². The summed E-state index contributed by atoms with van der Waals surface area (Å²) in [5.74, 6) is 7.63. The van der Waals surface area contributed by atoms with Crippen LogP contribution in [0.1, 0.15) is 93.4 Å². The maximum Gasteiger partial charge on any atom is 0.146 e. The topological polar surface area (TPSA) is 0 Å². The fraction of sp³-hybridized carbons (Fsp3) is 0.419. The summed E-state index contributed by atoms with van der Waals surface area (Å²) in [5.41, 5.74) is 4.07. The Kier molecular flexibility index (Phi) is 7.64. The lowest BCUT2D eigenvalue weighted by molar-refractivity contribution is 0.303. The van der Waals surface area contributed by atoms with Crippen LogP contribution in [-0.4, -0.2) is 0 Å². The predicted octanol–water partition coefficient (Wildman–Crippen LogP) is 8.80. The zero-order chi connectivity index (χ0) is 22.3. The molecule has 0 bridgehead atoms. The Bertz CT molecular complexity index is 1090. The van der Waals surface area contributed by atoms with Gasteiger partial charge in [0, 0.05) is 10.9 Å². The fourth-order valence-corrected chi connectivity index (χ4v) is 5.10. The molecule has 32 heavy (non-hydrogen) atoms. The van der Waals surface area contributed by atoms with Gasteiger partial charge in [-0.2, -0.15) is 0 Å². The van der Waals surface area contributed by atoms with Crippen LogP contribution < -0.4 is 0 Å². The minimum Gasteiger partial charge on any atom is -0.205 e. The lowest BCUT2D eigenvalue weighted by Gasteiger charge is -2.29. The van der Waals surface area contributed by atoms with E-state index in [0.717, 1.165) is 23.3 Å². The SMILES string of the molecule is CCCCCC1CCC(c2ccc(C#Cc3ccc4cc(CC)ccc4c3F)cc2)CC1. The Morgan fingerprint density at radius 2 is 1.62 bits per heavy atom. The van der Waals surface area contributed by atoms with Crippen LogP contribution in [0.2, 0.25) is 0 Å². The molecule has 3 aromatic carbocycles. The first-order valence-corrected chi connectivity index (χ1v) is 12.5. The van der Waals surface area contributed by atoms with Crippen molar-refractivity contribution in [1.29, 1.82) is 0 Å². The molecule has 0 nitrogen and oxygen atoms in total. The van der Waals surface area contributed by atoms with Crippen molar-refractivity contribution in [3.05, 3.63) is 82.7 Å². The van der Waals surface area contributed by atoms with E-state index in [9.17, 15) is 4.39 Å². The highest BCUT2D eigenvalue weighted by atomic mass is 19.1. The van der Waals surface area contributed by atoms with Gasteiger partial charge in [-0.25, -0.2) is 4.39 Å². The average molecular weight is 427 g/mol. The highest BCUT2D eigenvalue weighted by Gasteiger charge is 2.21. The summed E-state index contributed by atoms with van der Waals surface area (Å²) in [6.45, 7) is 4.40. The average Bonchev–Trinajstić information content (AvgIpc) is 2.84. The van der Waals surface area contributed by atoms with E-state index in [1.54, 1.807) is 6.07 Å². The van der Waals surface area contributed by atoms with Crippen molar-refractivity contribution in [3.63, 3.8) is 0 Å². The summed E-state index contributed by atoms with van der Waals surface area (Å²) >= 11 is 0. The van der Waals surface area contributed by atoms with Crippen LogP contribution in [0.3, 0.4) is 0 Å². The van der Waals surface area contributed by atoms with E-state index in [1.165, 1.54) is 62.5 Å². The molecule has 0 atom stereocenters. The number of benzene rings is 3. The molecule has 0 radical (unpaired) electrons. The van der Waals surface area contributed by atoms with E-state index < -0.39 is 0 Å². The molecule has 0 spiro atoms. The third-order valence-electron chi connectivity index (χ3n) is 7.21. The number of aryl methyl sites for hydroxylation is 1. The Morgan fingerprint density at radius 1 is 0.844 bits per heavy atom. The van der Waals surface area contributed by atoms with Gasteiger partial charge < -0.3 is 0 Å². The number of rotatable bonds is 6. The molecule has 1 saturated carbocycles. The third kappa shape index (κ3) is 5.42. The first kappa shape index (κ1) is 22.6. The molecule has 4 rings (SSSR count). The van der Waals surface area contributed by atoms with Gasteiger partial charge >= 0.3 is 0 Å². The second kappa shape index (κ2) is 10.8. The molecular formula is C31H35F. The van der Waals surface area contributed by atoms with Crippen molar-refractivity contribution in [3.8, 4) is 11.8 Å². The summed E-state index contributed by atoms with van der Waals surface area (Å²) < 4.78 is 14.9. The minimum atomic E-state index is -0.218. The second-order valence-corrected chi connectivity index (χ2v) is 9.42. The molecule has 0 unspecified atom stereocenters. The van der Waals surface area contributed by atoms with Crippen molar-refractivity contribution in [1.82, 2.24) is 0 Å². The Labute approximate surface area is 193 Å². The van der Waals surface area contributed by atoms with Gasteiger partial charge in [0.15, 0.2) is 0 Å². The highest BCUT2D eigenvalue weighted by molar-refractivity contribution is 5.85. The Balaban J connectivity index is 1.40. The van der Waals surface area contributed by atoms with Crippen molar-refractivity contribution in [2.45, 2.75) is 77.6 Å².